The Morgan fingerprint density at radius 2 is 1.89 bits per heavy atom. The first-order valence-electron chi connectivity index (χ1n) is 6.30. The zero-order valence-electron chi connectivity index (χ0n) is 10.7. The van der Waals surface area contributed by atoms with Crippen LogP contribution in [-0.2, 0) is 0 Å². The Morgan fingerprint density at radius 3 is 2.47 bits per heavy atom. The van der Waals surface area contributed by atoms with Crippen LogP contribution in [0.4, 0.5) is 0 Å². The fourth-order valence-electron chi connectivity index (χ4n) is 2.34. The Kier molecular flexibility index (Phi) is 3.85. The van der Waals surface area contributed by atoms with Crippen molar-refractivity contribution in [2.45, 2.75) is 19.4 Å². The van der Waals surface area contributed by atoms with Gasteiger partial charge < -0.3 is 15.1 Å². The molecule has 1 fully saturated rings. The number of hydrogen-bond acceptors (Lipinski definition) is 3. The average Bonchev–Trinajstić information content (AvgIpc) is 2.41. The molecule has 2 N–H and O–H groups in total. The Labute approximate surface area is 111 Å². The van der Waals surface area contributed by atoms with Gasteiger partial charge in [0.25, 0.3) is 5.91 Å². The summed E-state index contributed by atoms with van der Waals surface area (Å²) < 4.78 is 0. The molecule has 0 aromatic heterocycles. The van der Waals surface area contributed by atoms with Crippen LogP contribution in [0.5, 0.6) is 0 Å². The second kappa shape index (κ2) is 5.40. The zero-order valence-corrected chi connectivity index (χ0v) is 10.7. The summed E-state index contributed by atoms with van der Waals surface area (Å²) in [6, 6.07) is 6.21. The summed E-state index contributed by atoms with van der Waals surface area (Å²) >= 11 is 0. The molecule has 0 bridgehead atoms. The van der Waals surface area contributed by atoms with Crippen molar-refractivity contribution in [3.8, 4) is 0 Å². The van der Waals surface area contributed by atoms with Crippen LogP contribution in [0.1, 0.15) is 34.1 Å². The largest absolute Gasteiger partial charge is 0.478 e. The molecular formula is C14H17NO4. The van der Waals surface area contributed by atoms with Gasteiger partial charge in [0.1, 0.15) is 0 Å². The maximum atomic E-state index is 12.4. The van der Waals surface area contributed by atoms with Gasteiger partial charge in [-0.1, -0.05) is 19.1 Å². The highest BCUT2D eigenvalue weighted by molar-refractivity contribution is 6.04. The van der Waals surface area contributed by atoms with E-state index < -0.39 is 12.1 Å². The normalized spacial score (nSPS) is 23.2. The van der Waals surface area contributed by atoms with E-state index in [1.165, 1.54) is 12.1 Å². The van der Waals surface area contributed by atoms with Crippen LogP contribution in [0.15, 0.2) is 24.3 Å². The SMILES string of the molecule is CC1CN(C(=O)c2ccccc2C(=O)O)CCC1O. The van der Waals surface area contributed by atoms with Crippen LogP contribution in [0.25, 0.3) is 0 Å². The summed E-state index contributed by atoms with van der Waals surface area (Å²) in [6.45, 7) is 2.79. The van der Waals surface area contributed by atoms with Crippen LogP contribution in [-0.4, -0.2) is 46.2 Å². The van der Waals surface area contributed by atoms with E-state index in [0.29, 0.717) is 19.5 Å². The lowest BCUT2D eigenvalue weighted by molar-refractivity contribution is 0.0294. The molecule has 0 aliphatic carbocycles. The first-order valence-corrected chi connectivity index (χ1v) is 6.30. The number of aromatic carboxylic acids is 1. The quantitative estimate of drug-likeness (QED) is 0.841. The van der Waals surface area contributed by atoms with Crippen molar-refractivity contribution in [2.75, 3.05) is 13.1 Å². The third-order valence-corrected chi connectivity index (χ3v) is 3.54. The lowest BCUT2D eigenvalue weighted by Gasteiger charge is -2.34. The van der Waals surface area contributed by atoms with Gasteiger partial charge in [-0.3, -0.25) is 4.79 Å². The summed E-state index contributed by atoms with van der Waals surface area (Å²) in [4.78, 5) is 25.1. The van der Waals surface area contributed by atoms with Crippen molar-refractivity contribution in [2.24, 2.45) is 5.92 Å². The van der Waals surface area contributed by atoms with E-state index in [1.807, 2.05) is 6.92 Å². The molecule has 2 unspecified atom stereocenters. The minimum absolute atomic E-state index is 0.00897. The van der Waals surface area contributed by atoms with Gasteiger partial charge >= 0.3 is 5.97 Å². The number of carbonyl (C=O) groups is 2. The maximum absolute atomic E-state index is 12.4. The van der Waals surface area contributed by atoms with Gasteiger partial charge in [-0.05, 0) is 24.5 Å². The molecule has 1 amide bonds. The number of hydrogen-bond donors (Lipinski definition) is 2. The van der Waals surface area contributed by atoms with Crippen LogP contribution >= 0.6 is 0 Å². The number of carbonyl (C=O) groups excluding carboxylic acids is 1. The van der Waals surface area contributed by atoms with Crippen molar-refractivity contribution < 1.29 is 19.8 Å². The molecule has 1 aliphatic rings. The third-order valence-electron chi connectivity index (χ3n) is 3.54. The third kappa shape index (κ3) is 2.76. The molecule has 19 heavy (non-hydrogen) atoms. The molecule has 1 saturated heterocycles. The van der Waals surface area contributed by atoms with E-state index in [4.69, 9.17) is 5.11 Å². The summed E-state index contributed by atoms with van der Waals surface area (Å²) in [6.07, 6.45) is 0.140. The monoisotopic (exact) mass is 263 g/mol. The smallest absolute Gasteiger partial charge is 0.336 e. The standard InChI is InChI=1S/C14H17NO4/c1-9-8-15(7-6-12(9)16)13(17)10-4-2-3-5-11(10)14(18)19/h2-5,9,12,16H,6-8H2,1H3,(H,18,19). The fourth-order valence-corrected chi connectivity index (χ4v) is 2.34. The van der Waals surface area contributed by atoms with Crippen molar-refractivity contribution in [3.05, 3.63) is 35.4 Å². The molecule has 5 heteroatoms. The molecule has 0 spiro atoms. The first-order chi connectivity index (χ1) is 9.00. The number of piperidine rings is 1. The van der Waals surface area contributed by atoms with Crippen LogP contribution < -0.4 is 0 Å². The summed E-state index contributed by atoms with van der Waals surface area (Å²) in [5.41, 5.74) is 0.227. The Hall–Kier alpha value is -1.88. The number of aliphatic hydroxyl groups excluding tert-OH is 1. The van der Waals surface area contributed by atoms with E-state index in [-0.39, 0.29) is 23.0 Å². The van der Waals surface area contributed by atoms with Gasteiger partial charge in [-0.15, -0.1) is 0 Å². The second-order valence-corrected chi connectivity index (χ2v) is 4.94. The number of aliphatic hydroxyl groups is 1. The Morgan fingerprint density at radius 1 is 1.26 bits per heavy atom. The molecule has 2 rings (SSSR count). The predicted molar refractivity (Wildman–Crippen MR) is 69.1 cm³/mol. The Balaban J connectivity index is 2.23. The lowest BCUT2D eigenvalue weighted by Crippen LogP contribution is -2.45. The number of carboxylic acid groups (broad SMARTS) is 1. The molecule has 2 atom stereocenters. The molecule has 1 aromatic rings. The summed E-state index contributed by atoms with van der Waals surface area (Å²) in [5.74, 6) is -1.37. The lowest BCUT2D eigenvalue weighted by atomic mass is 9.95. The van der Waals surface area contributed by atoms with E-state index in [9.17, 15) is 14.7 Å². The van der Waals surface area contributed by atoms with Crippen LogP contribution in [0.3, 0.4) is 0 Å². The molecule has 102 valence electrons. The highest BCUT2D eigenvalue weighted by Gasteiger charge is 2.29. The number of amides is 1. The molecule has 1 aromatic carbocycles. The minimum atomic E-state index is -1.10. The fraction of sp³-hybridized carbons (Fsp3) is 0.429. The van der Waals surface area contributed by atoms with Crippen molar-refractivity contribution in [3.63, 3.8) is 0 Å². The van der Waals surface area contributed by atoms with Gasteiger partial charge in [0, 0.05) is 13.1 Å². The number of benzene rings is 1. The molecule has 0 saturated carbocycles. The molecule has 1 aliphatic heterocycles. The van der Waals surface area contributed by atoms with Gasteiger partial charge in [0.15, 0.2) is 0 Å². The number of likely N-dealkylation sites (tertiary alicyclic amines) is 1. The minimum Gasteiger partial charge on any atom is -0.478 e. The van der Waals surface area contributed by atoms with Gasteiger partial charge in [-0.25, -0.2) is 4.79 Å². The highest BCUT2D eigenvalue weighted by Crippen LogP contribution is 2.20. The highest BCUT2D eigenvalue weighted by atomic mass is 16.4. The van der Waals surface area contributed by atoms with Gasteiger partial charge in [-0.2, -0.15) is 0 Å². The van der Waals surface area contributed by atoms with E-state index >= 15 is 0 Å². The number of nitrogens with zero attached hydrogens (tertiary/aromatic N) is 1. The summed E-state index contributed by atoms with van der Waals surface area (Å²) in [5, 5.41) is 18.8. The van der Waals surface area contributed by atoms with Crippen molar-refractivity contribution >= 4 is 11.9 Å². The molecular weight excluding hydrogens is 246 g/mol. The number of carboxylic acids is 1. The van der Waals surface area contributed by atoms with E-state index in [0.717, 1.165) is 0 Å². The van der Waals surface area contributed by atoms with Crippen molar-refractivity contribution in [1.82, 2.24) is 4.90 Å². The van der Waals surface area contributed by atoms with Gasteiger partial charge in [0.2, 0.25) is 0 Å². The first kappa shape index (κ1) is 13.5. The maximum Gasteiger partial charge on any atom is 0.336 e. The van der Waals surface area contributed by atoms with Gasteiger partial charge in [0.05, 0.1) is 17.2 Å². The summed E-state index contributed by atoms with van der Waals surface area (Å²) in [7, 11) is 0. The van der Waals surface area contributed by atoms with Crippen molar-refractivity contribution in [1.29, 1.82) is 0 Å². The predicted octanol–water partition coefficient (Wildman–Crippen LogP) is 1.23. The topological polar surface area (TPSA) is 77.8 Å². The van der Waals surface area contributed by atoms with E-state index in [1.54, 1.807) is 17.0 Å². The molecule has 5 nitrogen and oxygen atoms in total. The zero-order chi connectivity index (χ0) is 14.0. The van der Waals surface area contributed by atoms with E-state index in [2.05, 4.69) is 0 Å². The van der Waals surface area contributed by atoms with Crippen LogP contribution in [0, 0.1) is 5.92 Å². The Bertz CT molecular complexity index is 500. The van der Waals surface area contributed by atoms with Crippen LogP contribution in [0.2, 0.25) is 0 Å². The molecule has 1 heterocycles. The second-order valence-electron chi connectivity index (χ2n) is 4.94. The average molecular weight is 263 g/mol. The molecule has 0 radical (unpaired) electrons. The number of rotatable bonds is 2.